The number of piperidine rings is 1. The fraction of sp³-hybridized carbons (Fsp3) is 0.474. The zero-order valence-electron chi connectivity index (χ0n) is 27.6. The predicted molar refractivity (Wildman–Crippen MR) is 178 cm³/mol. The fourth-order valence-electron chi connectivity index (χ4n) is 6.97. The zero-order chi connectivity index (χ0) is 32.3. The van der Waals surface area contributed by atoms with Crippen molar-refractivity contribution in [2.45, 2.75) is 91.0 Å². The van der Waals surface area contributed by atoms with Crippen molar-refractivity contribution in [1.29, 1.82) is 0 Å². The van der Waals surface area contributed by atoms with E-state index in [2.05, 4.69) is 63.0 Å². The molecule has 2 aliphatic heterocycles. The quantitative estimate of drug-likeness (QED) is 0.283. The normalized spacial score (nSPS) is 22.1. The second kappa shape index (κ2) is 13.8. The molecular weight excluding hydrogens is 565 g/mol. The van der Waals surface area contributed by atoms with E-state index in [0.29, 0.717) is 31.0 Å². The first-order valence-electron chi connectivity index (χ1n) is 16.4. The van der Waals surface area contributed by atoms with Gasteiger partial charge in [0, 0.05) is 31.4 Å². The van der Waals surface area contributed by atoms with Crippen LogP contribution in [0.3, 0.4) is 0 Å². The van der Waals surface area contributed by atoms with Crippen molar-refractivity contribution in [3.8, 4) is 0 Å². The summed E-state index contributed by atoms with van der Waals surface area (Å²) in [6, 6.07) is 20.8. The molecule has 2 heterocycles. The summed E-state index contributed by atoms with van der Waals surface area (Å²) in [5.74, 6) is -1.54. The van der Waals surface area contributed by atoms with Gasteiger partial charge < -0.3 is 15.0 Å². The molecule has 1 N–H and O–H groups in total. The van der Waals surface area contributed by atoms with Gasteiger partial charge >= 0.3 is 0 Å². The fourth-order valence-corrected chi connectivity index (χ4v) is 6.97. The van der Waals surface area contributed by atoms with E-state index in [1.807, 2.05) is 30.3 Å². The minimum absolute atomic E-state index is 0.0626. The zero-order valence-corrected chi connectivity index (χ0v) is 27.6. The number of ether oxygens (including phenoxy) is 1. The van der Waals surface area contributed by atoms with Gasteiger partial charge in [-0.25, -0.2) is 4.39 Å². The molecule has 240 valence electrons. The number of likely N-dealkylation sites (tertiary alicyclic amines) is 1. The number of amides is 2. The molecule has 0 aliphatic carbocycles. The Balaban J connectivity index is 1.46. The van der Waals surface area contributed by atoms with Crippen LogP contribution < -0.4 is 5.32 Å². The Kier molecular flexibility index (Phi) is 10.1. The van der Waals surface area contributed by atoms with Crippen LogP contribution in [0.15, 0.2) is 66.7 Å². The van der Waals surface area contributed by atoms with Gasteiger partial charge in [-0.1, -0.05) is 76.2 Å². The smallest absolute Gasteiger partial charge is 0.257 e. The van der Waals surface area contributed by atoms with Crippen LogP contribution in [0.5, 0.6) is 0 Å². The molecule has 4 unspecified atom stereocenters. The van der Waals surface area contributed by atoms with Gasteiger partial charge in [-0.05, 0) is 85.5 Å². The van der Waals surface area contributed by atoms with Crippen LogP contribution in [-0.4, -0.2) is 53.5 Å². The van der Waals surface area contributed by atoms with E-state index in [1.54, 1.807) is 24.0 Å². The van der Waals surface area contributed by atoms with Crippen molar-refractivity contribution in [3.05, 3.63) is 100 Å². The van der Waals surface area contributed by atoms with E-state index in [1.165, 1.54) is 11.6 Å². The molecule has 6 nitrogen and oxygen atoms in total. The highest BCUT2D eigenvalue weighted by Gasteiger charge is 2.40. The summed E-state index contributed by atoms with van der Waals surface area (Å²) in [6.45, 7) is 15.5. The molecule has 7 heteroatoms. The molecule has 2 fully saturated rings. The second-order valence-corrected chi connectivity index (χ2v) is 13.7. The van der Waals surface area contributed by atoms with E-state index in [4.69, 9.17) is 4.74 Å². The maximum absolute atomic E-state index is 15.1. The highest BCUT2D eigenvalue weighted by Crippen LogP contribution is 2.39. The van der Waals surface area contributed by atoms with Gasteiger partial charge in [0.15, 0.2) is 0 Å². The number of likely N-dealkylation sites (N-methyl/N-ethyl adjacent to an activating group) is 1. The summed E-state index contributed by atoms with van der Waals surface area (Å²) in [5, 5.41) is 3.16. The van der Waals surface area contributed by atoms with Gasteiger partial charge in [0.25, 0.3) is 5.91 Å². The molecule has 0 aromatic heterocycles. The lowest BCUT2D eigenvalue weighted by molar-refractivity contribution is -0.123. The Bertz CT molecular complexity index is 1480. The van der Waals surface area contributed by atoms with Gasteiger partial charge in [-0.15, -0.1) is 0 Å². The van der Waals surface area contributed by atoms with Crippen LogP contribution >= 0.6 is 0 Å². The van der Waals surface area contributed by atoms with Crippen LogP contribution in [0.2, 0.25) is 0 Å². The molecule has 0 saturated carbocycles. The molecule has 2 saturated heterocycles. The number of carbonyl (C=O) groups excluding carboxylic acids is 2. The Labute approximate surface area is 268 Å². The molecular formula is C38H48FN3O3. The van der Waals surface area contributed by atoms with Gasteiger partial charge in [0.2, 0.25) is 5.91 Å². The van der Waals surface area contributed by atoms with Gasteiger partial charge in [0.05, 0.1) is 23.6 Å². The minimum atomic E-state index is -0.538. The summed E-state index contributed by atoms with van der Waals surface area (Å²) < 4.78 is 20.9. The third-order valence-corrected chi connectivity index (χ3v) is 9.58. The molecule has 2 aliphatic rings. The largest absolute Gasteiger partial charge is 0.377 e. The lowest BCUT2D eigenvalue weighted by Crippen LogP contribution is -2.46. The lowest BCUT2D eigenvalue weighted by Gasteiger charge is -2.41. The predicted octanol–water partition coefficient (Wildman–Crippen LogP) is 7.66. The molecule has 5 rings (SSSR count). The number of hydrogen-bond donors (Lipinski definition) is 1. The Morgan fingerprint density at radius 1 is 1.04 bits per heavy atom. The number of hydrogen-bond acceptors (Lipinski definition) is 4. The molecule has 4 atom stereocenters. The SMILES string of the molecule is CCN(Cc1ccc(C2C(C(=O)Nc3cccc(C(C)(C)C)c3)CCCN2C(=O)c2c(C)cccc2F)cc1)C1CCOC1C. The monoisotopic (exact) mass is 613 g/mol. The molecule has 0 spiro atoms. The van der Waals surface area contributed by atoms with Crippen molar-refractivity contribution >= 4 is 17.5 Å². The van der Waals surface area contributed by atoms with Crippen molar-refractivity contribution in [3.63, 3.8) is 0 Å². The third-order valence-electron chi connectivity index (χ3n) is 9.58. The Morgan fingerprint density at radius 3 is 2.42 bits per heavy atom. The molecule has 0 radical (unpaired) electrons. The average molecular weight is 614 g/mol. The summed E-state index contributed by atoms with van der Waals surface area (Å²) in [4.78, 5) is 32.3. The molecule has 3 aromatic rings. The third kappa shape index (κ3) is 7.31. The van der Waals surface area contributed by atoms with Crippen molar-refractivity contribution in [1.82, 2.24) is 9.80 Å². The summed E-state index contributed by atoms with van der Waals surface area (Å²) in [6.07, 6.45) is 2.51. The minimum Gasteiger partial charge on any atom is -0.377 e. The number of aryl methyl sites for hydroxylation is 1. The van der Waals surface area contributed by atoms with Gasteiger partial charge in [0.1, 0.15) is 5.82 Å². The number of nitrogens with one attached hydrogen (secondary N) is 1. The van der Waals surface area contributed by atoms with Crippen molar-refractivity contribution in [2.75, 3.05) is 25.0 Å². The number of benzene rings is 3. The molecule has 3 aromatic carbocycles. The first-order chi connectivity index (χ1) is 21.5. The van der Waals surface area contributed by atoms with E-state index in [0.717, 1.165) is 42.9 Å². The van der Waals surface area contributed by atoms with E-state index in [-0.39, 0.29) is 28.9 Å². The number of carbonyl (C=O) groups is 2. The van der Waals surface area contributed by atoms with Crippen LogP contribution in [0.25, 0.3) is 0 Å². The number of halogens is 1. The lowest BCUT2D eigenvalue weighted by atomic mass is 9.82. The highest BCUT2D eigenvalue weighted by atomic mass is 19.1. The van der Waals surface area contributed by atoms with Gasteiger partial charge in [-0.3, -0.25) is 14.5 Å². The first-order valence-corrected chi connectivity index (χ1v) is 16.4. The molecule has 45 heavy (non-hydrogen) atoms. The topological polar surface area (TPSA) is 61.9 Å². The maximum atomic E-state index is 15.1. The second-order valence-electron chi connectivity index (χ2n) is 13.7. The average Bonchev–Trinajstić information content (AvgIpc) is 3.44. The number of rotatable bonds is 8. The number of anilines is 1. The van der Waals surface area contributed by atoms with E-state index >= 15 is 4.39 Å². The summed E-state index contributed by atoms with van der Waals surface area (Å²) in [5.41, 5.74) is 4.51. The summed E-state index contributed by atoms with van der Waals surface area (Å²) in [7, 11) is 0. The van der Waals surface area contributed by atoms with E-state index < -0.39 is 17.8 Å². The van der Waals surface area contributed by atoms with E-state index in [9.17, 15) is 9.59 Å². The standard InChI is InChI=1S/C38H48FN3O3/c1-7-41(33-20-22-45-26(33)3)24-27-16-18-28(19-17-27)35-31(36(43)40-30-13-9-12-29(23-30)38(4,5)6)14-10-21-42(35)37(44)34-25(2)11-8-15-32(34)39/h8-9,11-13,15-19,23,26,31,33,35H,7,10,14,20-22,24H2,1-6H3,(H,40,43). The Morgan fingerprint density at radius 2 is 1.78 bits per heavy atom. The Hall–Kier alpha value is -3.55. The summed E-state index contributed by atoms with van der Waals surface area (Å²) >= 11 is 0. The van der Waals surface area contributed by atoms with Crippen LogP contribution in [-0.2, 0) is 21.5 Å². The molecule has 2 amide bonds. The molecule has 0 bridgehead atoms. The highest BCUT2D eigenvalue weighted by molar-refractivity contribution is 5.98. The van der Waals surface area contributed by atoms with Crippen LogP contribution in [0.4, 0.5) is 10.1 Å². The van der Waals surface area contributed by atoms with Crippen LogP contribution in [0, 0.1) is 18.7 Å². The van der Waals surface area contributed by atoms with Crippen molar-refractivity contribution in [2.24, 2.45) is 5.92 Å². The van der Waals surface area contributed by atoms with Gasteiger partial charge in [-0.2, -0.15) is 0 Å². The van der Waals surface area contributed by atoms with Crippen LogP contribution in [0.1, 0.15) is 92.5 Å². The number of nitrogens with zero attached hydrogens (tertiary/aromatic N) is 2. The van der Waals surface area contributed by atoms with Crippen molar-refractivity contribution < 1.29 is 18.7 Å². The first kappa shape index (κ1) is 32.8. The maximum Gasteiger partial charge on any atom is 0.257 e.